The Morgan fingerprint density at radius 3 is 2.09 bits per heavy atom. The van der Waals surface area contributed by atoms with Gasteiger partial charge in [0.25, 0.3) is 5.91 Å². The zero-order valence-corrected chi connectivity index (χ0v) is 6.92. The maximum Gasteiger partial charge on any atom is 0.330 e. The second-order valence-electron chi connectivity index (χ2n) is 1.53. The second kappa shape index (κ2) is 4.10. The fourth-order valence-electron chi connectivity index (χ4n) is 0.332. The predicted octanol–water partition coefficient (Wildman–Crippen LogP) is -0.271. The summed E-state index contributed by atoms with van der Waals surface area (Å²) in [6, 6.07) is 1.29. The molecule has 0 aliphatic rings. The first-order valence-corrected chi connectivity index (χ1v) is 3.15. The Morgan fingerprint density at radius 1 is 1.55 bits per heavy atom. The summed E-state index contributed by atoms with van der Waals surface area (Å²) in [5.41, 5.74) is 0. The highest BCUT2D eigenvalue weighted by atomic mass is 32.2. The lowest BCUT2D eigenvalue weighted by Crippen LogP contribution is -2.28. The third kappa shape index (κ3) is 2.69. The predicted molar refractivity (Wildman–Crippen MR) is 41.6 cm³/mol. The molecule has 1 N–H and O–H groups in total. The van der Waals surface area contributed by atoms with E-state index in [2.05, 4.69) is 25.6 Å². The zero-order chi connectivity index (χ0) is 9.02. The summed E-state index contributed by atoms with van der Waals surface area (Å²) in [7, 11) is 0. The van der Waals surface area contributed by atoms with Crippen LogP contribution >= 0.6 is 25.6 Å². The minimum Gasteiger partial charge on any atom is -0.480 e. The molecule has 0 aromatic carbocycles. The molecule has 0 aliphatic carbocycles. The Hall–Kier alpha value is -0.870. The number of thiol groups is 2. The lowest BCUT2D eigenvalue weighted by molar-refractivity contribution is -0.144. The van der Waals surface area contributed by atoms with Gasteiger partial charge >= 0.3 is 5.97 Å². The Kier molecular flexibility index (Phi) is 3.78. The molecule has 0 aromatic rings. The van der Waals surface area contributed by atoms with Gasteiger partial charge in [0.1, 0.15) is 0 Å². The molecule has 0 heterocycles. The number of aliphatic carboxylic acids is 1. The van der Waals surface area contributed by atoms with Crippen LogP contribution in [0.25, 0.3) is 0 Å². The first-order chi connectivity index (χ1) is 5.00. The van der Waals surface area contributed by atoms with E-state index in [-0.39, 0.29) is 0 Å². The van der Waals surface area contributed by atoms with Crippen molar-refractivity contribution in [2.24, 2.45) is 5.92 Å². The maximum atomic E-state index is 10.7. The van der Waals surface area contributed by atoms with Crippen LogP contribution in [0.1, 0.15) is 0 Å². The van der Waals surface area contributed by atoms with Crippen LogP contribution < -0.4 is 0 Å². The SMILES string of the molecule is N#CC(C(=O)O)C(=O)N(S)S. The molecular formula is C4H4N2O3S2. The molecule has 0 bridgehead atoms. The monoisotopic (exact) mass is 192 g/mol. The number of carbonyl (C=O) groups is 2. The van der Waals surface area contributed by atoms with Crippen LogP contribution in [0.3, 0.4) is 0 Å². The van der Waals surface area contributed by atoms with E-state index in [0.717, 1.165) is 0 Å². The van der Waals surface area contributed by atoms with Gasteiger partial charge in [-0.3, -0.25) is 9.59 Å². The number of carboxylic acids is 1. The number of nitrogens with zero attached hydrogens (tertiary/aromatic N) is 2. The van der Waals surface area contributed by atoms with Crippen LogP contribution in [0.15, 0.2) is 0 Å². The van der Waals surface area contributed by atoms with Gasteiger partial charge in [-0.05, 0) is 0 Å². The minimum atomic E-state index is -1.73. The first kappa shape index (κ1) is 10.1. The van der Waals surface area contributed by atoms with E-state index in [1.807, 2.05) is 0 Å². The smallest absolute Gasteiger partial charge is 0.330 e. The molecule has 11 heavy (non-hydrogen) atoms. The number of carbonyl (C=O) groups excluding carboxylic acids is 1. The van der Waals surface area contributed by atoms with Gasteiger partial charge in [-0.2, -0.15) is 5.26 Å². The van der Waals surface area contributed by atoms with E-state index in [0.29, 0.717) is 3.71 Å². The van der Waals surface area contributed by atoms with Crippen LogP contribution in [0, 0.1) is 17.2 Å². The third-order valence-electron chi connectivity index (χ3n) is 0.820. The van der Waals surface area contributed by atoms with Gasteiger partial charge in [0.15, 0.2) is 0 Å². The highest BCUT2D eigenvalue weighted by molar-refractivity contribution is 7.94. The number of amides is 1. The van der Waals surface area contributed by atoms with Crippen molar-refractivity contribution in [3.05, 3.63) is 0 Å². The molecule has 0 rings (SSSR count). The molecule has 7 heteroatoms. The Bertz CT molecular complexity index is 222. The highest BCUT2D eigenvalue weighted by Gasteiger charge is 2.28. The minimum absolute atomic E-state index is 0.460. The van der Waals surface area contributed by atoms with Crippen molar-refractivity contribution in [3.8, 4) is 6.07 Å². The van der Waals surface area contributed by atoms with Crippen LogP contribution in [-0.4, -0.2) is 20.7 Å². The van der Waals surface area contributed by atoms with Gasteiger partial charge in [0, 0.05) is 0 Å². The van der Waals surface area contributed by atoms with Gasteiger partial charge in [-0.25, -0.2) is 3.71 Å². The van der Waals surface area contributed by atoms with Crippen LogP contribution in [-0.2, 0) is 9.59 Å². The summed E-state index contributed by atoms with van der Waals surface area (Å²) in [6.45, 7) is 0. The van der Waals surface area contributed by atoms with Crippen molar-refractivity contribution in [1.29, 1.82) is 5.26 Å². The molecule has 0 aliphatic heterocycles. The van der Waals surface area contributed by atoms with Crippen molar-refractivity contribution in [3.63, 3.8) is 0 Å². The third-order valence-corrected chi connectivity index (χ3v) is 1.21. The van der Waals surface area contributed by atoms with Gasteiger partial charge in [-0.15, -0.1) is 0 Å². The Balaban J connectivity index is 4.43. The lowest BCUT2D eigenvalue weighted by atomic mass is 10.2. The number of nitriles is 1. The van der Waals surface area contributed by atoms with E-state index < -0.39 is 17.8 Å². The topological polar surface area (TPSA) is 81.4 Å². The number of hydrogen-bond donors (Lipinski definition) is 3. The van der Waals surface area contributed by atoms with Crippen LogP contribution in [0.2, 0.25) is 0 Å². The van der Waals surface area contributed by atoms with Crippen molar-refractivity contribution in [2.75, 3.05) is 0 Å². The van der Waals surface area contributed by atoms with E-state index >= 15 is 0 Å². The average molecular weight is 192 g/mol. The van der Waals surface area contributed by atoms with Gasteiger partial charge < -0.3 is 5.11 Å². The molecule has 0 aromatic heterocycles. The van der Waals surface area contributed by atoms with Crippen molar-refractivity contribution in [2.45, 2.75) is 0 Å². The summed E-state index contributed by atoms with van der Waals surface area (Å²) >= 11 is 6.83. The van der Waals surface area contributed by atoms with Gasteiger partial charge in [0.2, 0.25) is 5.92 Å². The highest BCUT2D eigenvalue weighted by Crippen LogP contribution is 2.06. The molecule has 0 fully saturated rings. The average Bonchev–Trinajstić information content (AvgIpc) is 1.88. The molecule has 0 saturated heterocycles. The number of hydrogen-bond acceptors (Lipinski definition) is 5. The Morgan fingerprint density at radius 2 is 2.00 bits per heavy atom. The fourth-order valence-corrected chi connectivity index (χ4v) is 0.562. The van der Waals surface area contributed by atoms with E-state index in [4.69, 9.17) is 10.4 Å². The normalized spacial score (nSPS) is 11.4. The van der Waals surface area contributed by atoms with Crippen molar-refractivity contribution >= 4 is 37.5 Å². The standard InChI is InChI=1S/C4H4N2O3S2/c5-1-2(4(8)9)3(7)6(10)11/h2,10-11H,(H,8,9). The molecule has 1 atom stereocenters. The first-order valence-electron chi connectivity index (χ1n) is 2.35. The van der Waals surface area contributed by atoms with Gasteiger partial charge in [0.05, 0.1) is 6.07 Å². The molecule has 1 unspecified atom stereocenters. The lowest BCUT2D eigenvalue weighted by Gasteiger charge is -2.07. The summed E-state index contributed by atoms with van der Waals surface area (Å²) in [5, 5.41) is 16.4. The summed E-state index contributed by atoms with van der Waals surface area (Å²) in [6.07, 6.45) is 0. The summed E-state index contributed by atoms with van der Waals surface area (Å²) in [5.74, 6) is -4.22. The molecule has 0 spiro atoms. The van der Waals surface area contributed by atoms with Crippen molar-refractivity contribution in [1.82, 2.24) is 3.71 Å². The molecule has 60 valence electrons. The zero-order valence-electron chi connectivity index (χ0n) is 5.13. The summed E-state index contributed by atoms with van der Waals surface area (Å²) in [4.78, 5) is 20.8. The largest absolute Gasteiger partial charge is 0.480 e. The van der Waals surface area contributed by atoms with Gasteiger partial charge in [-0.1, -0.05) is 25.6 Å². The maximum absolute atomic E-state index is 10.7. The molecule has 5 nitrogen and oxygen atoms in total. The van der Waals surface area contributed by atoms with E-state index in [1.54, 1.807) is 0 Å². The number of rotatable bonds is 2. The van der Waals surface area contributed by atoms with E-state index in [1.165, 1.54) is 6.07 Å². The Labute approximate surface area is 73.7 Å². The number of carboxylic acid groups (broad SMARTS) is 1. The van der Waals surface area contributed by atoms with E-state index in [9.17, 15) is 9.59 Å². The second-order valence-corrected chi connectivity index (χ2v) is 2.64. The van der Waals surface area contributed by atoms with Crippen LogP contribution in [0.4, 0.5) is 0 Å². The quantitative estimate of drug-likeness (QED) is 0.415. The fraction of sp³-hybridized carbons (Fsp3) is 0.250. The molecule has 1 amide bonds. The summed E-state index contributed by atoms with van der Waals surface area (Å²) < 4.78 is 0.460. The molecule has 0 saturated carbocycles. The van der Waals surface area contributed by atoms with Crippen molar-refractivity contribution < 1.29 is 14.7 Å². The molecular weight excluding hydrogens is 188 g/mol. The van der Waals surface area contributed by atoms with Crippen LogP contribution in [0.5, 0.6) is 0 Å². The molecule has 0 radical (unpaired) electrons.